The SMILES string of the molecule is CCN/C=C(\C#N)C(=O)C(C)(C)C. The van der Waals surface area contributed by atoms with E-state index in [1.807, 2.05) is 13.0 Å². The largest absolute Gasteiger partial charge is 0.390 e. The molecule has 13 heavy (non-hydrogen) atoms. The topological polar surface area (TPSA) is 52.9 Å². The lowest BCUT2D eigenvalue weighted by Gasteiger charge is -2.15. The van der Waals surface area contributed by atoms with Gasteiger partial charge in [-0.3, -0.25) is 4.79 Å². The van der Waals surface area contributed by atoms with Crippen LogP contribution in [0.15, 0.2) is 11.8 Å². The Morgan fingerprint density at radius 3 is 2.38 bits per heavy atom. The Morgan fingerprint density at radius 2 is 2.08 bits per heavy atom. The molecule has 0 aliphatic heterocycles. The first kappa shape index (κ1) is 11.7. The molecular formula is C10H16N2O. The third kappa shape index (κ3) is 3.75. The van der Waals surface area contributed by atoms with Crippen LogP contribution in [0.4, 0.5) is 0 Å². The second-order valence-corrected chi connectivity index (χ2v) is 3.81. The van der Waals surface area contributed by atoms with Gasteiger partial charge in [-0.2, -0.15) is 5.26 Å². The molecule has 0 radical (unpaired) electrons. The van der Waals surface area contributed by atoms with E-state index in [0.29, 0.717) is 6.54 Å². The quantitative estimate of drug-likeness (QED) is 0.530. The number of hydrogen-bond acceptors (Lipinski definition) is 3. The van der Waals surface area contributed by atoms with Crippen molar-refractivity contribution < 1.29 is 4.79 Å². The van der Waals surface area contributed by atoms with Crippen molar-refractivity contribution in [2.75, 3.05) is 6.54 Å². The summed E-state index contributed by atoms with van der Waals surface area (Å²) in [5, 5.41) is 11.6. The van der Waals surface area contributed by atoms with Crippen molar-refractivity contribution in [2.24, 2.45) is 5.41 Å². The number of ketones is 1. The van der Waals surface area contributed by atoms with Crippen molar-refractivity contribution in [3.05, 3.63) is 11.8 Å². The predicted molar refractivity (Wildman–Crippen MR) is 51.8 cm³/mol. The lowest BCUT2D eigenvalue weighted by molar-refractivity contribution is -0.122. The Labute approximate surface area is 79.4 Å². The molecule has 0 bridgehead atoms. The molecular weight excluding hydrogens is 164 g/mol. The van der Waals surface area contributed by atoms with Crippen LogP contribution in [0.25, 0.3) is 0 Å². The molecule has 0 heterocycles. The second-order valence-electron chi connectivity index (χ2n) is 3.81. The number of nitrogens with zero attached hydrogens (tertiary/aromatic N) is 1. The molecule has 3 heteroatoms. The van der Waals surface area contributed by atoms with Gasteiger partial charge in [0.15, 0.2) is 5.78 Å². The molecule has 0 saturated carbocycles. The van der Waals surface area contributed by atoms with E-state index in [4.69, 9.17) is 5.26 Å². The summed E-state index contributed by atoms with van der Waals surface area (Å²) in [5.74, 6) is -0.129. The summed E-state index contributed by atoms with van der Waals surface area (Å²) in [6.45, 7) is 8.01. The Hall–Kier alpha value is -1.30. The van der Waals surface area contributed by atoms with Crippen LogP contribution in [-0.4, -0.2) is 12.3 Å². The van der Waals surface area contributed by atoms with Crippen LogP contribution in [-0.2, 0) is 4.79 Å². The van der Waals surface area contributed by atoms with E-state index < -0.39 is 5.41 Å². The maximum atomic E-state index is 11.6. The monoisotopic (exact) mass is 180 g/mol. The first-order valence-electron chi connectivity index (χ1n) is 4.32. The van der Waals surface area contributed by atoms with Crippen molar-refractivity contribution in [2.45, 2.75) is 27.7 Å². The number of allylic oxidation sites excluding steroid dienone is 1. The molecule has 0 aromatic heterocycles. The van der Waals surface area contributed by atoms with Crippen LogP contribution in [0.3, 0.4) is 0 Å². The van der Waals surface area contributed by atoms with Crippen molar-refractivity contribution in [1.82, 2.24) is 5.32 Å². The summed E-state index contributed by atoms with van der Waals surface area (Å²) in [4.78, 5) is 11.6. The van der Waals surface area contributed by atoms with Crippen molar-refractivity contribution in [1.29, 1.82) is 5.26 Å². The maximum absolute atomic E-state index is 11.6. The highest BCUT2D eigenvalue weighted by atomic mass is 16.1. The van der Waals surface area contributed by atoms with Crippen molar-refractivity contribution >= 4 is 5.78 Å². The molecule has 0 aliphatic carbocycles. The van der Waals surface area contributed by atoms with Gasteiger partial charge in [-0.05, 0) is 6.92 Å². The van der Waals surface area contributed by atoms with Gasteiger partial charge >= 0.3 is 0 Å². The highest BCUT2D eigenvalue weighted by Crippen LogP contribution is 2.18. The lowest BCUT2D eigenvalue weighted by Crippen LogP contribution is -2.22. The first-order valence-corrected chi connectivity index (χ1v) is 4.32. The number of rotatable bonds is 3. The third-order valence-corrected chi connectivity index (χ3v) is 1.50. The number of carbonyl (C=O) groups excluding carboxylic acids is 1. The van der Waals surface area contributed by atoms with Crippen LogP contribution >= 0.6 is 0 Å². The van der Waals surface area contributed by atoms with Gasteiger partial charge < -0.3 is 5.32 Å². The lowest BCUT2D eigenvalue weighted by atomic mass is 9.87. The summed E-state index contributed by atoms with van der Waals surface area (Å²) >= 11 is 0. The molecule has 3 nitrogen and oxygen atoms in total. The zero-order valence-electron chi connectivity index (χ0n) is 8.64. The molecule has 0 saturated heterocycles. The highest BCUT2D eigenvalue weighted by molar-refractivity contribution is 6.02. The van der Waals surface area contributed by atoms with Crippen LogP contribution in [0, 0.1) is 16.7 Å². The van der Waals surface area contributed by atoms with Gasteiger partial charge in [0.25, 0.3) is 0 Å². The van der Waals surface area contributed by atoms with Crippen LogP contribution in [0.1, 0.15) is 27.7 Å². The van der Waals surface area contributed by atoms with E-state index in [1.54, 1.807) is 20.8 Å². The minimum atomic E-state index is -0.489. The van der Waals surface area contributed by atoms with Crippen molar-refractivity contribution in [3.63, 3.8) is 0 Å². The average Bonchev–Trinajstić information content (AvgIpc) is 2.04. The number of nitrogens with one attached hydrogen (secondary N) is 1. The van der Waals surface area contributed by atoms with Crippen LogP contribution < -0.4 is 5.32 Å². The zero-order valence-corrected chi connectivity index (χ0v) is 8.64. The molecule has 0 atom stereocenters. The van der Waals surface area contributed by atoms with Gasteiger partial charge in [-0.1, -0.05) is 20.8 Å². The molecule has 0 rings (SSSR count). The van der Waals surface area contributed by atoms with Gasteiger partial charge in [0.05, 0.1) is 0 Å². The molecule has 0 aromatic carbocycles. The summed E-state index contributed by atoms with van der Waals surface area (Å²) < 4.78 is 0. The fourth-order valence-electron chi connectivity index (χ4n) is 0.757. The Balaban J connectivity index is 4.63. The standard InChI is InChI=1S/C10H16N2O/c1-5-12-7-8(6-11)9(13)10(2,3)4/h7,12H,5H2,1-4H3/b8-7+. The Kier molecular flexibility index (Phi) is 4.19. The van der Waals surface area contributed by atoms with Gasteiger partial charge in [-0.25, -0.2) is 0 Å². The molecule has 0 amide bonds. The minimum Gasteiger partial charge on any atom is -0.390 e. The van der Waals surface area contributed by atoms with E-state index in [-0.39, 0.29) is 11.4 Å². The highest BCUT2D eigenvalue weighted by Gasteiger charge is 2.24. The normalized spacial score (nSPS) is 12.1. The third-order valence-electron chi connectivity index (χ3n) is 1.50. The van der Waals surface area contributed by atoms with Crippen LogP contribution in [0.5, 0.6) is 0 Å². The first-order chi connectivity index (χ1) is 5.93. The molecule has 1 N–H and O–H groups in total. The van der Waals surface area contributed by atoms with Crippen molar-refractivity contribution in [3.8, 4) is 6.07 Å². The summed E-state index contributed by atoms with van der Waals surface area (Å²) in [6, 6.07) is 1.89. The zero-order chi connectivity index (χ0) is 10.5. The van der Waals surface area contributed by atoms with Gasteiger partial charge in [0, 0.05) is 18.2 Å². The number of nitriles is 1. The number of hydrogen-bond donors (Lipinski definition) is 1. The summed E-state index contributed by atoms with van der Waals surface area (Å²) in [6.07, 6.45) is 1.48. The maximum Gasteiger partial charge on any atom is 0.180 e. The van der Waals surface area contributed by atoms with E-state index in [2.05, 4.69) is 5.32 Å². The van der Waals surface area contributed by atoms with Gasteiger partial charge in [0.1, 0.15) is 11.6 Å². The smallest absolute Gasteiger partial charge is 0.180 e. The molecule has 0 unspecified atom stereocenters. The van der Waals surface area contributed by atoms with E-state index >= 15 is 0 Å². The molecule has 0 aliphatic rings. The Bertz CT molecular complexity index is 253. The number of carbonyl (C=O) groups is 1. The Morgan fingerprint density at radius 1 is 1.54 bits per heavy atom. The minimum absolute atomic E-state index is 0.129. The number of Topliss-reactive ketones (excluding diaryl/α,β-unsaturated/α-hetero) is 1. The van der Waals surface area contributed by atoms with E-state index in [0.717, 1.165) is 0 Å². The van der Waals surface area contributed by atoms with Crippen LogP contribution in [0.2, 0.25) is 0 Å². The molecule has 0 fully saturated rings. The summed E-state index contributed by atoms with van der Waals surface area (Å²) in [7, 11) is 0. The van der Waals surface area contributed by atoms with E-state index in [1.165, 1.54) is 6.20 Å². The van der Waals surface area contributed by atoms with Gasteiger partial charge in [-0.15, -0.1) is 0 Å². The molecule has 72 valence electrons. The second kappa shape index (κ2) is 4.66. The fourth-order valence-corrected chi connectivity index (χ4v) is 0.757. The molecule has 0 aromatic rings. The average molecular weight is 180 g/mol. The summed E-state index contributed by atoms with van der Waals surface area (Å²) in [5.41, 5.74) is -0.300. The van der Waals surface area contributed by atoms with Gasteiger partial charge in [0.2, 0.25) is 0 Å². The fraction of sp³-hybridized carbons (Fsp3) is 0.600. The van der Waals surface area contributed by atoms with E-state index in [9.17, 15) is 4.79 Å². The molecule has 0 spiro atoms. The predicted octanol–water partition coefficient (Wildman–Crippen LogP) is 1.62.